The molecular formula is C23H35ClN2O5. The Morgan fingerprint density at radius 2 is 2.00 bits per heavy atom. The molecule has 2 saturated heterocycles. The zero-order chi connectivity index (χ0) is 22.5. The van der Waals surface area contributed by atoms with Crippen LogP contribution >= 0.6 is 11.6 Å². The summed E-state index contributed by atoms with van der Waals surface area (Å²) in [4.78, 5) is 17.3. The Morgan fingerprint density at radius 1 is 1.29 bits per heavy atom. The highest BCUT2D eigenvalue weighted by Gasteiger charge is 2.47. The van der Waals surface area contributed by atoms with Gasteiger partial charge in [0.25, 0.3) is 5.91 Å². The molecule has 2 fully saturated rings. The largest absolute Gasteiger partial charge is 0.372 e. The lowest BCUT2D eigenvalue weighted by molar-refractivity contribution is -0.128. The zero-order valence-corrected chi connectivity index (χ0v) is 19.7. The quantitative estimate of drug-likeness (QED) is 0.432. The first-order valence-electron chi connectivity index (χ1n) is 11.1. The van der Waals surface area contributed by atoms with Crippen molar-refractivity contribution in [1.29, 1.82) is 0 Å². The van der Waals surface area contributed by atoms with Crippen molar-refractivity contribution in [2.45, 2.75) is 64.3 Å². The van der Waals surface area contributed by atoms with E-state index in [-0.39, 0.29) is 18.2 Å². The Morgan fingerprint density at radius 3 is 2.58 bits per heavy atom. The molecule has 4 atom stereocenters. The van der Waals surface area contributed by atoms with Crippen LogP contribution < -0.4 is 4.90 Å². The number of likely N-dealkylation sites (tertiary alicyclic amines) is 1. The molecular weight excluding hydrogens is 420 g/mol. The molecule has 3 rings (SSSR count). The predicted octanol–water partition coefficient (Wildman–Crippen LogP) is 3.20. The molecule has 0 aromatic heterocycles. The summed E-state index contributed by atoms with van der Waals surface area (Å²) in [6.45, 7) is 6.32. The molecule has 31 heavy (non-hydrogen) atoms. The Kier molecular flexibility index (Phi) is 8.73. The van der Waals surface area contributed by atoms with E-state index in [1.54, 1.807) is 18.1 Å². The molecule has 7 nitrogen and oxygen atoms in total. The number of hydrogen-bond donors (Lipinski definition) is 1. The topological polar surface area (TPSA) is 74.8 Å². The van der Waals surface area contributed by atoms with Gasteiger partial charge in [0.1, 0.15) is 18.4 Å². The van der Waals surface area contributed by atoms with E-state index in [1.807, 2.05) is 26.0 Å². The van der Waals surface area contributed by atoms with Crippen LogP contribution in [0.2, 0.25) is 5.02 Å². The van der Waals surface area contributed by atoms with Gasteiger partial charge in [-0.2, -0.15) is 0 Å². The van der Waals surface area contributed by atoms with Crippen LogP contribution in [0.15, 0.2) is 18.2 Å². The number of aryl methyl sites for hydroxylation is 1. The Labute approximate surface area is 190 Å². The van der Waals surface area contributed by atoms with Crippen molar-refractivity contribution >= 4 is 23.2 Å². The number of aliphatic hydroxyl groups excluding tert-OH is 1. The third-order valence-corrected chi connectivity index (χ3v) is 6.65. The molecule has 1 aromatic rings. The van der Waals surface area contributed by atoms with Gasteiger partial charge in [-0.1, -0.05) is 11.6 Å². The number of methoxy groups -OCH3 is 2. The zero-order valence-electron chi connectivity index (χ0n) is 18.9. The smallest absolute Gasteiger partial charge is 0.256 e. The fourth-order valence-corrected chi connectivity index (χ4v) is 4.73. The molecule has 0 spiro atoms. The summed E-state index contributed by atoms with van der Waals surface area (Å²) in [7, 11) is 3.11. The van der Waals surface area contributed by atoms with Crippen LogP contribution in [0.4, 0.5) is 5.69 Å². The maximum Gasteiger partial charge on any atom is 0.256 e. The van der Waals surface area contributed by atoms with Crippen molar-refractivity contribution in [2.75, 3.05) is 38.8 Å². The number of ether oxygens (including phenoxy) is 3. The first-order valence-corrected chi connectivity index (χ1v) is 11.5. The lowest BCUT2D eigenvalue weighted by Gasteiger charge is -2.31. The molecule has 2 aliphatic heterocycles. The molecule has 8 heteroatoms. The highest BCUT2D eigenvalue weighted by Crippen LogP contribution is 2.35. The standard InChI is InChI=1S/C23H35ClN2O5/c1-5-26(18-7-6-17(24)12-15(18)2)22(28)19(29-3)14-20-23(31-20)25-10-8-16(9-11-25)13-21(27)30-4/h6-7,12,16,19-21,23,27H,5,8-11,13-14H2,1-4H3. The molecule has 4 unspecified atom stereocenters. The summed E-state index contributed by atoms with van der Waals surface area (Å²) in [5.74, 6) is 0.411. The minimum Gasteiger partial charge on any atom is -0.372 e. The number of piperidine rings is 1. The highest BCUT2D eigenvalue weighted by molar-refractivity contribution is 6.30. The van der Waals surface area contributed by atoms with E-state index in [9.17, 15) is 9.90 Å². The molecule has 2 heterocycles. The Bertz CT molecular complexity index is 741. The van der Waals surface area contributed by atoms with Crippen LogP contribution in [0, 0.1) is 12.8 Å². The van der Waals surface area contributed by atoms with Gasteiger partial charge in [0.05, 0.1) is 0 Å². The summed E-state index contributed by atoms with van der Waals surface area (Å²) in [6, 6.07) is 5.55. The van der Waals surface area contributed by atoms with Crippen LogP contribution in [0.1, 0.15) is 38.2 Å². The van der Waals surface area contributed by atoms with Crippen molar-refractivity contribution < 1.29 is 24.1 Å². The van der Waals surface area contributed by atoms with Crippen LogP contribution in [-0.2, 0) is 19.0 Å². The number of nitrogens with zero attached hydrogens (tertiary/aromatic N) is 2. The number of carbonyl (C=O) groups is 1. The number of halogens is 1. The predicted molar refractivity (Wildman–Crippen MR) is 120 cm³/mol. The average Bonchev–Trinajstić information content (AvgIpc) is 3.53. The van der Waals surface area contributed by atoms with Crippen molar-refractivity contribution in [2.24, 2.45) is 5.92 Å². The number of anilines is 1. The van der Waals surface area contributed by atoms with E-state index in [0.29, 0.717) is 30.3 Å². The molecule has 174 valence electrons. The van der Waals surface area contributed by atoms with Gasteiger partial charge in [0, 0.05) is 57.4 Å². The van der Waals surface area contributed by atoms with Crippen molar-refractivity contribution in [3.05, 3.63) is 28.8 Å². The van der Waals surface area contributed by atoms with Crippen LogP contribution in [0.3, 0.4) is 0 Å². The van der Waals surface area contributed by atoms with Gasteiger partial charge in [-0.05, 0) is 56.4 Å². The third kappa shape index (κ3) is 6.18. The maximum absolute atomic E-state index is 13.2. The lowest BCUT2D eigenvalue weighted by Crippen LogP contribution is -2.42. The SMILES string of the molecule is CCN(C(=O)C(CC1OC1N1CCC(CC(O)OC)CC1)OC)c1ccc(Cl)cc1C. The number of amides is 1. The van der Waals surface area contributed by atoms with E-state index < -0.39 is 12.4 Å². The molecule has 0 bridgehead atoms. The molecule has 0 radical (unpaired) electrons. The minimum absolute atomic E-state index is 0.0000336. The lowest BCUT2D eigenvalue weighted by atomic mass is 9.93. The fourth-order valence-electron chi connectivity index (χ4n) is 4.50. The van der Waals surface area contributed by atoms with Gasteiger partial charge in [-0.25, -0.2) is 0 Å². The van der Waals surface area contributed by atoms with Crippen molar-refractivity contribution in [1.82, 2.24) is 4.90 Å². The van der Waals surface area contributed by atoms with Gasteiger partial charge in [0.15, 0.2) is 6.29 Å². The van der Waals surface area contributed by atoms with Crippen molar-refractivity contribution in [3.8, 4) is 0 Å². The highest BCUT2D eigenvalue weighted by atomic mass is 35.5. The number of epoxide rings is 1. The van der Waals surface area contributed by atoms with E-state index in [0.717, 1.165) is 37.2 Å². The number of benzene rings is 1. The first-order chi connectivity index (χ1) is 14.9. The molecule has 1 aromatic carbocycles. The van der Waals surface area contributed by atoms with E-state index >= 15 is 0 Å². The summed E-state index contributed by atoms with van der Waals surface area (Å²) in [5.41, 5.74) is 1.81. The Hall–Kier alpha value is -1.22. The maximum atomic E-state index is 13.2. The fraction of sp³-hybridized carbons (Fsp3) is 0.696. The van der Waals surface area contributed by atoms with Crippen LogP contribution in [0.5, 0.6) is 0 Å². The summed E-state index contributed by atoms with van der Waals surface area (Å²) >= 11 is 6.07. The minimum atomic E-state index is -0.680. The van der Waals surface area contributed by atoms with E-state index in [4.69, 9.17) is 25.8 Å². The monoisotopic (exact) mass is 454 g/mol. The third-order valence-electron chi connectivity index (χ3n) is 6.41. The molecule has 0 saturated carbocycles. The Balaban J connectivity index is 1.53. The molecule has 0 aliphatic carbocycles. The van der Waals surface area contributed by atoms with E-state index in [1.165, 1.54) is 7.11 Å². The molecule has 1 amide bonds. The van der Waals surface area contributed by atoms with Gasteiger partial charge in [-0.3, -0.25) is 9.69 Å². The summed E-state index contributed by atoms with van der Waals surface area (Å²) in [6.07, 6.45) is 2.05. The second-order valence-electron chi connectivity index (χ2n) is 8.44. The van der Waals surface area contributed by atoms with Gasteiger partial charge in [-0.15, -0.1) is 0 Å². The summed E-state index contributed by atoms with van der Waals surface area (Å²) < 4.78 is 16.5. The number of aliphatic hydroxyl groups is 1. The normalized spacial score (nSPS) is 24.1. The molecule has 1 N–H and O–H groups in total. The average molecular weight is 455 g/mol. The number of hydrogen-bond acceptors (Lipinski definition) is 6. The second-order valence-corrected chi connectivity index (χ2v) is 8.88. The van der Waals surface area contributed by atoms with Crippen molar-refractivity contribution in [3.63, 3.8) is 0 Å². The number of likely N-dealkylation sites (N-methyl/N-ethyl adjacent to an activating group) is 1. The second kappa shape index (κ2) is 11.1. The van der Waals surface area contributed by atoms with E-state index in [2.05, 4.69) is 4.90 Å². The van der Waals surface area contributed by atoms with Gasteiger partial charge < -0.3 is 24.2 Å². The van der Waals surface area contributed by atoms with Gasteiger partial charge >= 0.3 is 0 Å². The number of carbonyl (C=O) groups excluding carboxylic acids is 1. The molecule has 2 aliphatic rings. The number of rotatable bonds is 10. The van der Waals surface area contributed by atoms with Gasteiger partial charge in [0.2, 0.25) is 0 Å². The summed E-state index contributed by atoms with van der Waals surface area (Å²) in [5, 5.41) is 10.3. The van der Waals surface area contributed by atoms with Crippen LogP contribution in [0.25, 0.3) is 0 Å². The van der Waals surface area contributed by atoms with Crippen LogP contribution in [-0.4, -0.2) is 74.5 Å². The first kappa shape index (κ1) is 24.4.